The van der Waals surface area contributed by atoms with Crippen LogP contribution in [0.5, 0.6) is 0 Å². The van der Waals surface area contributed by atoms with Gasteiger partial charge in [-0.2, -0.15) is 0 Å². The maximum Gasteiger partial charge on any atom is 0.0653 e. The van der Waals surface area contributed by atoms with E-state index in [4.69, 9.17) is 4.74 Å². The SMILES string of the molecule is CCCCCC[C@](C)(O)C1CCC2C3C[C@H](OC)C4CC(O)CCC4(C)[C@H]3CCC21C. The highest BCUT2D eigenvalue weighted by molar-refractivity contribution is 5.13. The molecule has 2 N–H and O–H groups in total. The number of unbranched alkanes of at least 4 members (excludes halogenated alkanes) is 3. The third kappa shape index (κ3) is 4.03. The van der Waals surface area contributed by atoms with Crippen molar-refractivity contribution in [3.05, 3.63) is 0 Å². The normalized spacial score (nSPS) is 49.1. The van der Waals surface area contributed by atoms with E-state index in [1.165, 1.54) is 51.4 Å². The van der Waals surface area contributed by atoms with E-state index in [9.17, 15) is 10.2 Å². The van der Waals surface area contributed by atoms with Gasteiger partial charge in [0.2, 0.25) is 0 Å². The summed E-state index contributed by atoms with van der Waals surface area (Å²) in [6.07, 6.45) is 15.3. The first kappa shape index (κ1) is 24.0. The summed E-state index contributed by atoms with van der Waals surface area (Å²) in [4.78, 5) is 0. The Labute approximate surface area is 191 Å². The minimum absolute atomic E-state index is 0.139. The van der Waals surface area contributed by atoms with Gasteiger partial charge in [0.05, 0.1) is 17.8 Å². The molecule has 7 unspecified atom stereocenters. The second-order valence-electron chi connectivity index (χ2n) is 12.8. The number of hydrogen-bond acceptors (Lipinski definition) is 3. The lowest BCUT2D eigenvalue weighted by Crippen LogP contribution is -2.59. The van der Waals surface area contributed by atoms with Crippen molar-refractivity contribution in [2.45, 2.75) is 129 Å². The Kier molecular flexibility index (Phi) is 6.91. The van der Waals surface area contributed by atoms with E-state index < -0.39 is 5.60 Å². The zero-order valence-corrected chi connectivity index (χ0v) is 21.0. The van der Waals surface area contributed by atoms with Gasteiger partial charge in [0, 0.05) is 7.11 Å². The molecule has 4 fully saturated rings. The molecule has 4 rings (SSSR count). The van der Waals surface area contributed by atoms with Crippen LogP contribution < -0.4 is 0 Å². The first-order valence-electron chi connectivity index (χ1n) is 13.6. The lowest BCUT2D eigenvalue weighted by Gasteiger charge is -2.63. The molecule has 180 valence electrons. The number of aliphatic hydroxyl groups is 2. The van der Waals surface area contributed by atoms with E-state index in [0.29, 0.717) is 17.3 Å². The summed E-state index contributed by atoms with van der Waals surface area (Å²) >= 11 is 0. The van der Waals surface area contributed by atoms with Crippen LogP contribution in [0.2, 0.25) is 0 Å². The molecule has 3 nitrogen and oxygen atoms in total. The van der Waals surface area contributed by atoms with Crippen LogP contribution in [0, 0.1) is 40.4 Å². The van der Waals surface area contributed by atoms with Crippen LogP contribution in [0.3, 0.4) is 0 Å². The minimum atomic E-state index is -0.527. The second-order valence-corrected chi connectivity index (χ2v) is 12.8. The largest absolute Gasteiger partial charge is 0.393 e. The van der Waals surface area contributed by atoms with Gasteiger partial charge >= 0.3 is 0 Å². The zero-order valence-electron chi connectivity index (χ0n) is 21.0. The summed E-state index contributed by atoms with van der Waals surface area (Å²) in [5.74, 6) is 3.16. The predicted molar refractivity (Wildman–Crippen MR) is 127 cm³/mol. The van der Waals surface area contributed by atoms with Crippen molar-refractivity contribution in [1.82, 2.24) is 0 Å². The van der Waals surface area contributed by atoms with E-state index in [1.807, 2.05) is 7.11 Å². The standard InChI is InChI=1S/C28H50O3/c1-6-7-8-9-14-28(4,30)25-11-10-21-20-18-24(31-5)23-17-19(29)12-15-26(23,2)22(20)13-16-27(21,25)3/h19-25,29-30H,6-18H2,1-5H3/t19?,20?,21?,22-,23?,24-,25?,26?,27?,28-/m0/s1. The summed E-state index contributed by atoms with van der Waals surface area (Å²) in [5, 5.41) is 22.0. The Morgan fingerprint density at radius 2 is 1.61 bits per heavy atom. The van der Waals surface area contributed by atoms with Crippen LogP contribution in [-0.2, 0) is 4.74 Å². The Morgan fingerprint density at radius 1 is 0.903 bits per heavy atom. The van der Waals surface area contributed by atoms with Crippen molar-refractivity contribution in [1.29, 1.82) is 0 Å². The molecule has 0 aliphatic heterocycles. The first-order valence-corrected chi connectivity index (χ1v) is 13.6. The van der Waals surface area contributed by atoms with E-state index in [2.05, 4.69) is 27.7 Å². The average Bonchev–Trinajstić information content (AvgIpc) is 3.09. The molecule has 0 amide bonds. The monoisotopic (exact) mass is 434 g/mol. The second kappa shape index (κ2) is 8.91. The van der Waals surface area contributed by atoms with Crippen LogP contribution in [0.1, 0.15) is 111 Å². The number of hydrogen-bond donors (Lipinski definition) is 2. The average molecular weight is 435 g/mol. The molecule has 4 saturated carbocycles. The van der Waals surface area contributed by atoms with Crippen LogP contribution >= 0.6 is 0 Å². The number of fused-ring (bicyclic) bond motifs is 5. The molecular weight excluding hydrogens is 384 g/mol. The summed E-state index contributed by atoms with van der Waals surface area (Å²) in [5.41, 5.74) is 0.0524. The van der Waals surface area contributed by atoms with E-state index in [0.717, 1.165) is 49.9 Å². The van der Waals surface area contributed by atoms with Gasteiger partial charge in [-0.25, -0.2) is 0 Å². The molecule has 0 bridgehead atoms. The van der Waals surface area contributed by atoms with E-state index in [1.54, 1.807) is 0 Å². The lowest BCUT2D eigenvalue weighted by atomic mass is 9.43. The molecule has 31 heavy (non-hydrogen) atoms. The first-order chi connectivity index (χ1) is 14.7. The smallest absolute Gasteiger partial charge is 0.0653 e. The fourth-order valence-corrected chi connectivity index (χ4v) is 9.61. The quantitative estimate of drug-likeness (QED) is 0.459. The van der Waals surface area contributed by atoms with Gasteiger partial charge in [0.25, 0.3) is 0 Å². The number of rotatable bonds is 7. The van der Waals surface area contributed by atoms with E-state index in [-0.39, 0.29) is 17.6 Å². The fourth-order valence-electron chi connectivity index (χ4n) is 9.61. The molecule has 0 heterocycles. The van der Waals surface area contributed by atoms with Gasteiger partial charge in [-0.15, -0.1) is 0 Å². The van der Waals surface area contributed by atoms with Gasteiger partial charge in [-0.05, 0) is 105 Å². The van der Waals surface area contributed by atoms with Crippen molar-refractivity contribution in [2.24, 2.45) is 40.4 Å². The predicted octanol–water partition coefficient (Wildman–Crippen LogP) is 6.35. The minimum Gasteiger partial charge on any atom is -0.393 e. The fraction of sp³-hybridized carbons (Fsp3) is 1.00. The number of aliphatic hydroxyl groups excluding tert-OH is 1. The molecule has 0 aromatic heterocycles. The van der Waals surface area contributed by atoms with Crippen LogP contribution in [0.25, 0.3) is 0 Å². The molecule has 0 aromatic carbocycles. The summed E-state index contributed by atoms with van der Waals surface area (Å²) in [7, 11) is 1.90. The summed E-state index contributed by atoms with van der Waals surface area (Å²) < 4.78 is 6.11. The highest BCUT2D eigenvalue weighted by Crippen LogP contribution is 2.69. The van der Waals surface area contributed by atoms with Gasteiger partial charge in [-0.3, -0.25) is 0 Å². The zero-order chi connectivity index (χ0) is 22.4. The van der Waals surface area contributed by atoms with Crippen molar-refractivity contribution in [3.8, 4) is 0 Å². The lowest BCUT2D eigenvalue weighted by molar-refractivity contribution is -0.185. The topological polar surface area (TPSA) is 49.7 Å². The maximum atomic E-state index is 11.6. The Balaban J connectivity index is 1.54. The van der Waals surface area contributed by atoms with Crippen LogP contribution in [-0.4, -0.2) is 35.1 Å². The van der Waals surface area contributed by atoms with Crippen molar-refractivity contribution < 1.29 is 14.9 Å². The number of ether oxygens (including phenoxy) is 1. The Hall–Kier alpha value is -0.120. The number of methoxy groups -OCH3 is 1. The van der Waals surface area contributed by atoms with Gasteiger partial charge in [-0.1, -0.05) is 46.5 Å². The van der Waals surface area contributed by atoms with Gasteiger partial charge in [0.15, 0.2) is 0 Å². The van der Waals surface area contributed by atoms with E-state index >= 15 is 0 Å². The van der Waals surface area contributed by atoms with Gasteiger partial charge in [0.1, 0.15) is 0 Å². The molecule has 3 heteroatoms. The summed E-state index contributed by atoms with van der Waals surface area (Å²) in [6, 6.07) is 0. The highest BCUT2D eigenvalue weighted by Gasteiger charge is 2.64. The van der Waals surface area contributed by atoms with Crippen molar-refractivity contribution in [3.63, 3.8) is 0 Å². The van der Waals surface area contributed by atoms with Crippen LogP contribution in [0.4, 0.5) is 0 Å². The van der Waals surface area contributed by atoms with Crippen LogP contribution in [0.15, 0.2) is 0 Å². The molecule has 0 saturated heterocycles. The Morgan fingerprint density at radius 3 is 2.32 bits per heavy atom. The molecular formula is C28H50O3. The highest BCUT2D eigenvalue weighted by atomic mass is 16.5. The third-order valence-corrected chi connectivity index (χ3v) is 11.2. The Bertz CT molecular complexity index is 617. The van der Waals surface area contributed by atoms with Crippen molar-refractivity contribution >= 4 is 0 Å². The molecule has 10 atom stereocenters. The molecule has 0 spiro atoms. The molecule has 0 aromatic rings. The summed E-state index contributed by atoms with van der Waals surface area (Å²) in [6.45, 7) is 9.48. The van der Waals surface area contributed by atoms with Gasteiger partial charge < -0.3 is 14.9 Å². The maximum absolute atomic E-state index is 11.6. The molecule has 4 aliphatic carbocycles. The molecule has 4 aliphatic rings. The molecule has 0 radical (unpaired) electrons. The third-order valence-electron chi connectivity index (χ3n) is 11.2. The van der Waals surface area contributed by atoms with Crippen molar-refractivity contribution in [2.75, 3.05) is 7.11 Å².